The average Bonchev–Trinajstić information content (AvgIpc) is 2.94. The fourth-order valence-electron chi connectivity index (χ4n) is 4.58. The number of likely N-dealkylation sites (tertiary alicyclic amines) is 1. The molecule has 1 aromatic carbocycles. The maximum absolute atomic E-state index is 12.9. The predicted octanol–water partition coefficient (Wildman–Crippen LogP) is 3.75. The fourth-order valence-corrected chi connectivity index (χ4v) is 4.58. The lowest BCUT2D eigenvalue weighted by molar-refractivity contribution is -0.138. The number of benzene rings is 1. The molecular weight excluding hydrogens is 340 g/mol. The van der Waals surface area contributed by atoms with Crippen molar-refractivity contribution in [3.05, 3.63) is 35.4 Å². The van der Waals surface area contributed by atoms with Crippen molar-refractivity contribution in [2.75, 3.05) is 26.7 Å². The maximum atomic E-state index is 12.9. The first-order valence-corrected chi connectivity index (χ1v) is 10.4. The highest BCUT2D eigenvalue weighted by atomic mass is 16.4. The molecule has 0 spiro atoms. The molecule has 27 heavy (non-hydrogen) atoms. The molecule has 1 aliphatic carbocycles. The molecule has 1 atom stereocenters. The van der Waals surface area contributed by atoms with Crippen LogP contribution in [0.25, 0.3) is 0 Å². The first kappa shape index (κ1) is 19.9. The van der Waals surface area contributed by atoms with Gasteiger partial charge in [-0.05, 0) is 62.8 Å². The summed E-state index contributed by atoms with van der Waals surface area (Å²) >= 11 is 0. The molecule has 0 aromatic heterocycles. The monoisotopic (exact) mass is 372 g/mol. The van der Waals surface area contributed by atoms with E-state index in [1.54, 1.807) is 0 Å². The third kappa shape index (κ3) is 5.32. The van der Waals surface area contributed by atoms with Gasteiger partial charge >= 0.3 is 5.97 Å². The van der Waals surface area contributed by atoms with E-state index in [0.29, 0.717) is 12.5 Å². The van der Waals surface area contributed by atoms with Crippen LogP contribution in [-0.2, 0) is 4.79 Å². The second-order valence-electron chi connectivity index (χ2n) is 8.14. The van der Waals surface area contributed by atoms with E-state index in [4.69, 9.17) is 5.11 Å². The van der Waals surface area contributed by atoms with E-state index in [-0.39, 0.29) is 18.5 Å². The molecule has 1 saturated carbocycles. The van der Waals surface area contributed by atoms with Crippen molar-refractivity contribution in [3.8, 4) is 0 Å². The van der Waals surface area contributed by atoms with Crippen molar-refractivity contribution in [2.45, 2.75) is 63.3 Å². The minimum atomic E-state index is -0.798. The van der Waals surface area contributed by atoms with Crippen LogP contribution in [0.4, 0.5) is 0 Å². The second kappa shape index (κ2) is 9.36. The molecule has 2 aliphatic rings. The normalized spacial score (nSPS) is 21.9. The van der Waals surface area contributed by atoms with Gasteiger partial charge in [-0.25, -0.2) is 0 Å². The second-order valence-corrected chi connectivity index (χ2v) is 8.14. The lowest BCUT2D eigenvalue weighted by Crippen LogP contribution is -2.37. The highest BCUT2D eigenvalue weighted by molar-refractivity contribution is 5.94. The highest BCUT2D eigenvalue weighted by Gasteiger charge is 2.25. The Kier molecular flexibility index (Phi) is 6.89. The Morgan fingerprint density at radius 3 is 2.37 bits per heavy atom. The molecule has 5 nitrogen and oxygen atoms in total. The van der Waals surface area contributed by atoms with Gasteiger partial charge in [0.25, 0.3) is 5.91 Å². The summed E-state index contributed by atoms with van der Waals surface area (Å²) in [6.45, 7) is 1.50. The van der Waals surface area contributed by atoms with Crippen LogP contribution < -0.4 is 0 Å². The van der Waals surface area contributed by atoms with Crippen molar-refractivity contribution in [3.63, 3.8) is 0 Å². The zero-order chi connectivity index (χ0) is 19.2. The maximum Gasteiger partial charge on any atom is 0.317 e. The average molecular weight is 373 g/mol. The van der Waals surface area contributed by atoms with E-state index >= 15 is 0 Å². The minimum Gasteiger partial charge on any atom is -0.480 e. The van der Waals surface area contributed by atoms with Crippen LogP contribution in [0.3, 0.4) is 0 Å². The van der Waals surface area contributed by atoms with E-state index in [0.717, 1.165) is 31.4 Å². The third-order valence-corrected chi connectivity index (χ3v) is 6.23. The van der Waals surface area contributed by atoms with Gasteiger partial charge in [0.2, 0.25) is 0 Å². The molecule has 5 heteroatoms. The number of amides is 1. The molecule has 148 valence electrons. The Bertz CT molecular complexity index is 637. The predicted molar refractivity (Wildman–Crippen MR) is 106 cm³/mol. The number of hydrogen-bond acceptors (Lipinski definition) is 3. The third-order valence-electron chi connectivity index (χ3n) is 6.23. The summed E-state index contributed by atoms with van der Waals surface area (Å²) in [6, 6.07) is 8.50. The van der Waals surface area contributed by atoms with Gasteiger partial charge < -0.3 is 10.0 Å². The van der Waals surface area contributed by atoms with Gasteiger partial charge in [-0.15, -0.1) is 0 Å². The number of carboxylic acid groups (broad SMARTS) is 1. The molecule has 1 unspecified atom stereocenters. The van der Waals surface area contributed by atoms with Gasteiger partial charge in [0.1, 0.15) is 0 Å². The largest absolute Gasteiger partial charge is 0.480 e. The van der Waals surface area contributed by atoms with Gasteiger partial charge in [0.15, 0.2) is 0 Å². The van der Waals surface area contributed by atoms with Crippen molar-refractivity contribution in [2.24, 2.45) is 0 Å². The quantitative estimate of drug-likeness (QED) is 0.855. The molecule has 0 radical (unpaired) electrons. The molecule has 1 N–H and O–H groups in total. The summed E-state index contributed by atoms with van der Waals surface area (Å²) in [6.07, 6.45) is 9.21. The Morgan fingerprint density at radius 1 is 1.00 bits per heavy atom. The molecule has 3 rings (SSSR count). The first-order chi connectivity index (χ1) is 13.0. The molecule has 1 saturated heterocycles. The van der Waals surface area contributed by atoms with Crippen LogP contribution in [0.1, 0.15) is 73.2 Å². The van der Waals surface area contributed by atoms with Crippen LogP contribution in [0.15, 0.2) is 24.3 Å². The summed E-state index contributed by atoms with van der Waals surface area (Å²) in [4.78, 5) is 27.7. The van der Waals surface area contributed by atoms with Crippen molar-refractivity contribution >= 4 is 11.9 Å². The van der Waals surface area contributed by atoms with Crippen LogP contribution in [0.2, 0.25) is 0 Å². The molecule has 1 heterocycles. The smallest absolute Gasteiger partial charge is 0.317 e. The first-order valence-electron chi connectivity index (χ1n) is 10.4. The van der Waals surface area contributed by atoms with Gasteiger partial charge in [0.05, 0.1) is 6.54 Å². The number of hydrogen-bond donors (Lipinski definition) is 1. The highest BCUT2D eigenvalue weighted by Crippen LogP contribution is 2.32. The number of aliphatic carboxylic acids is 1. The van der Waals surface area contributed by atoms with E-state index in [9.17, 15) is 9.59 Å². The molecular formula is C22H32N2O3. The number of rotatable bonds is 5. The fraction of sp³-hybridized carbons (Fsp3) is 0.636. The summed E-state index contributed by atoms with van der Waals surface area (Å²) < 4.78 is 0. The lowest BCUT2D eigenvalue weighted by atomic mass is 9.84. The van der Waals surface area contributed by atoms with E-state index < -0.39 is 5.97 Å². The molecule has 2 fully saturated rings. The van der Waals surface area contributed by atoms with Gasteiger partial charge in [-0.1, -0.05) is 31.4 Å². The lowest BCUT2D eigenvalue weighted by Gasteiger charge is -2.26. The van der Waals surface area contributed by atoms with E-state index in [2.05, 4.69) is 12.1 Å². The van der Waals surface area contributed by atoms with Gasteiger partial charge in [-0.2, -0.15) is 0 Å². The van der Waals surface area contributed by atoms with E-state index in [1.165, 1.54) is 37.7 Å². The van der Waals surface area contributed by atoms with Crippen LogP contribution >= 0.6 is 0 Å². The number of nitrogens with zero attached hydrogens (tertiary/aromatic N) is 2. The zero-order valence-electron chi connectivity index (χ0n) is 16.4. The van der Waals surface area contributed by atoms with Crippen molar-refractivity contribution < 1.29 is 14.7 Å². The number of carbonyl (C=O) groups is 2. The van der Waals surface area contributed by atoms with Crippen molar-refractivity contribution in [1.29, 1.82) is 0 Å². The standard InChI is InChI=1S/C22H32N2O3/c1-23(16-21(25)26)20-8-5-14-24(15-13-20)22(27)19-11-9-18(10-12-19)17-6-3-2-4-7-17/h9-12,17,20H,2-8,13-16H2,1H3,(H,25,26). The van der Waals surface area contributed by atoms with Crippen LogP contribution in [0, 0.1) is 0 Å². The topological polar surface area (TPSA) is 60.9 Å². The summed E-state index contributed by atoms with van der Waals surface area (Å²) in [5, 5.41) is 8.98. The summed E-state index contributed by atoms with van der Waals surface area (Å²) in [7, 11) is 1.86. The molecule has 1 aromatic rings. The summed E-state index contributed by atoms with van der Waals surface area (Å²) in [5.74, 6) is -0.0360. The minimum absolute atomic E-state index is 0.0568. The van der Waals surface area contributed by atoms with Gasteiger partial charge in [0, 0.05) is 24.7 Å². The number of carbonyl (C=O) groups excluding carboxylic acids is 1. The molecule has 1 aliphatic heterocycles. The Labute approximate surface area is 162 Å². The molecule has 0 bridgehead atoms. The SMILES string of the molecule is CN(CC(=O)O)C1CCCN(C(=O)c2ccc(C3CCCCC3)cc2)CC1. The number of carboxylic acids is 1. The van der Waals surface area contributed by atoms with Gasteiger partial charge in [-0.3, -0.25) is 14.5 Å². The zero-order valence-corrected chi connectivity index (χ0v) is 16.4. The Balaban J connectivity index is 1.58. The Hall–Kier alpha value is -1.88. The molecule has 1 amide bonds. The Morgan fingerprint density at radius 2 is 1.70 bits per heavy atom. The number of likely N-dealkylation sites (N-methyl/N-ethyl adjacent to an activating group) is 1. The van der Waals surface area contributed by atoms with Crippen LogP contribution in [0.5, 0.6) is 0 Å². The summed E-state index contributed by atoms with van der Waals surface area (Å²) in [5.41, 5.74) is 2.14. The van der Waals surface area contributed by atoms with Crippen molar-refractivity contribution in [1.82, 2.24) is 9.80 Å². The van der Waals surface area contributed by atoms with Crippen LogP contribution in [-0.4, -0.2) is 59.5 Å². The van der Waals surface area contributed by atoms with E-state index in [1.807, 2.05) is 29.0 Å².